The number of nitrogens with zero attached hydrogens (tertiary/aromatic N) is 3. The van der Waals surface area contributed by atoms with Crippen molar-refractivity contribution in [2.45, 2.75) is 31.9 Å². The van der Waals surface area contributed by atoms with Crippen molar-refractivity contribution in [3.05, 3.63) is 22.5 Å². The van der Waals surface area contributed by atoms with E-state index in [0.29, 0.717) is 6.54 Å². The van der Waals surface area contributed by atoms with E-state index in [-0.39, 0.29) is 17.7 Å². The predicted octanol–water partition coefficient (Wildman–Crippen LogP) is 0.647. The number of nitrogens with one attached hydrogen (secondary N) is 1. The minimum atomic E-state index is -0.588. The van der Waals surface area contributed by atoms with Crippen LogP contribution in [0.2, 0.25) is 0 Å². The van der Waals surface area contributed by atoms with Crippen molar-refractivity contribution in [2.75, 3.05) is 13.2 Å². The van der Waals surface area contributed by atoms with Gasteiger partial charge in [0, 0.05) is 13.2 Å². The van der Waals surface area contributed by atoms with Gasteiger partial charge in [0.05, 0.1) is 11.0 Å². The summed E-state index contributed by atoms with van der Waals surface area (Å²) in [5.74, 6) is -0.228. The molecule has 1 amide bonds. The van der Waals surface area contributed by atoms with Crippen LogP contribution in [0.1, 0.15) is 25.8 Å². The maximum absolute atomic E-state index is 11.9. The Morgan fingerprint density at radius 2 is 2.58 bits per heavy atom. The molecular formula is C11H16N4O4. The van der Waals surface area contributed by atoms with Gasteiger partial charge in [-0.25, -0.2) is 0 Å². The van der Waals surface area contributed by atoms with E-state index in [9.17, 15) is 14.9 Å². The van der Waals surface area contributed by atoms with Crippen LogP contribution < -0.4 is 5.32 Å². The largest absolute Gasteiger partial charge is 0.376 e. The summed E-state index contributed by atoms with van der Waals surface area (Å²) in [5.41, 5.74) is -0.126. The van der Waals surface area contributed by atoms with Gasteiger partial charge in [0.2, 0.25) is 5.91 Å². The summed E-state index contributed by atoms with van der Waals surface area (Å²) in [4.78, 5) is 21.9. The van der Waals surface area contributed by atoms with E-state index in [4.69, 9.17) is 4.74 Å². The molecule has 1 fully saturated rings. The Labute approximate surface area is 109 Å². The molecule has 0 radical (unpaired) electrons. The highest BCUT2D eigenvalue weighted by Gasteiger charge is 2.21. The zero-order chi connectivity index (χ0) is 13.8. The first-order valence-electron chi connectivity index (χ1n) is 6.16. The lowest BCUT2D eigenvalue weighted by molar-refractivity contribution is -0.385. The van der Waals surface area contributed by atoms with Gasteiger partial charge in [0.1, 0.15) is 18.4 Å². The van der Waals surface area contributed by atoms with Gasteiger partial charge in [0.25, 0.3) is 0 Å². The number of hydrogen-bond acceptors (Lipinski definition) is 5. The zero-order valence-corrected chi connectivity index (χ0v) is 10.6. The summed E-state index contributed by atoms with van der Waals surface area (Å²) in [6.07, 6.45) is 4.41. The molecule has 1 saturated heterocycles. The number of ether oxygens (including phenoxy) is 1. The Bertz CT molecular complexity index is 467. The van der Waals surface area contributed by atoms with E-state index in [1.54, 1.807) is 6.92 Å². The first-order valence-corrected chi connectivity index (χ1v) is 6.16. The standard InChI is InChI=1S/C11H16N4O4/c1-8(14-7-9(5-13-14)15(17)18)11(16)12-6-10-3-2-4-19-10/h5,7-8,10H,2-4,6H2,1H3,(H,12,16)/t8-,10+/m1/s1. The van der Waals surface area contributed by atoms with E-state index in [1.807, 2.05) is 0 Å². The molecule has 0 aliphatic carbocycles. The molecule has 104 valence electrons. The molecule has 0 aromatic carbocycles. The first-order chi connectivity index (χ1) is 9.08. The summed E-state index contributed by atoms with van der Waals surface area (Å²) in [7, 11) is 0. The predicted molar refractivity (Wildman–Crippen MR) is 65.6 cm³/mol. The monoisotopic (exact) mass is 268 g/mol. The van der Waals surface area contributed by atoms with Crippen molar-refractivity contribution in [1.29, 1.82) is 0 Å². The Balaban J connectivity index is 1.88. The van der Waals surface area contributed by atoms with Gasteiger partial charge in [-0.3, -0.25) is 19.6 Å². The van der Waals surface area contributed by atoms with E-state index < -0.39 is 11.0 Å². The van der Waals surface area contributed by atoms with E-state index in [2.05, 4.69) is 10.4 Å². The Morgan fingerprint density at radius 3 is 3.16 bits per heavy atom. The Hall–Kier alpha value is -1.96. The lowest BCUT2D eigenvalue weighted by Gasteiger charge is -2.14. The number of amides is 1. The van der Waals surface area contributed by atoms with Crippen LogP contribution in [0.3, 0.4) is 0 Å². The normalized spacial score (nSPS) is 20.2. The molecule has 1 aromatic rings. The van der Waals surface area contributed by atoms with Crippen LogP contribution in [0.4, 0.5) is 5.69 Å². The highest BCUT2D eigenvalue weighted by molar-refractivity contribution is 5.79. The third-order valence-electron chi connectivity index (χ3n) is 3.10. The van der Waals surface area contributed by atoms with Crippen molar-refractivity contribution in [1.82, 2.24) is 15.1 Å². The van der Waals surface area contributed by atoms with Crippen molar-refractivity contribution >= 4 is 11.6 Å². The topological polar surface area (TPSA) is 99.3 Å². The highest BCUT2D eigenvalue weighted by atomic mass is 16.6. The van der Waals surface area contributed by atoms with E-state index in [0.717, 1.165) is 25.6 Å². The van der Waals surface area contributed by atoms with Gasteiger partial charge in [-0.1, -0.05) is 0 Å². The summed E-state index contributed by atoms with van der Waals surface area (Å²) in [5, 5.41) is 17.1. The SMILES string of the molecule is C[C@H](C(=O)NC[C@@H]1CCCO1)n1cc([N+](=O)[O-])cn1. The molecule has 2 atom stereocenters. The Morgan fingerprint density at radius 1 is 1.79 bits per heavy atom. The van der Waals surface area contributed by atoms with E-state index >= 15 is 0 Å². The molecular weight excluding hydrogens is 252 g/mol. The summed E-state index contributed by atoms with van der Waals surface area (Å²) < 4.78 is 6.68. The van der Waals surface area contributed by atoms with Crippen molar-refractivity contribution in [3.8, 4) is 0 Å². The second kappa shape index (κ2) is 5.79. The van der Waals surface area contributed by atoms with Gasteiger partial charge in [-0.05, 0) is 19.8 Å². The van der Waals surface area contributed by atoms with Crippen molar-refractivity contribution < 1.29 is 14.5 Å². The maximum Gasteiger partial charge on any atom is 0.307 e. The minimum Gasteiger partial charge on any atom is -0.376 e. The third-order valence-corrected chi connectivity index (χ3v) is 3.10. The van der Waals surface area contributed by atoms with Crippen LogP contribution in [0, 0.1) is 10.1 Å². The molecule has 2 rings (SSSR count). The summed E-state index contributed by atoms with van der Waals surface area (Å²) in [6, 6.07) is -0.588. The molecule has 0 saturated carbocycles. The van der Waals surface area contributed by atoms with Gasteiger partial charge in [-0.15, -0.1) is 0 Å². The number of carbonyl (C=O) groups is 1. The lowest BCUT2D eigenvalue weighted by atomic mass is 10.2. The van der Waals surface area contributed by atoms with Crippen LogP contribution in [0.5, 0.6) is 0 Å². The van der Waals surface area contributed by atoms with Gasteiger partial charge in [-0.2, -0.15) is 5.10 Å². The number of nitro groups is 1. The van der Waals surface area contributed by atoms with Crippen molar-refractivity contribution in [2.24, 2.45) is 0 Å². The van der Waals surface area contributed by atoms with Gasteiger partial charge < -0.3 is 10.1 Å². The van der Waals surface area contributed by atoms with Crippen LogP contribution in [-0.2, 0) is 9.53 Å². The smallest absolute Gasteiger partial charge is 0.307 e. The second-order valence-electron chi connectivity index (χ2n) is 4.49. The highest BCUT2D eigenvalue weighted by Crippen LogP contribution is 2.14. The fourth-order valence-corrected chi connectivity index (χ4v) is 1.92. The van der Waals surface area contributed by atoms with Crippen molar-refractivity contribution in [3.63, 3.8) is 0 Å². The average molecular weight is 268 g/mol. The molecule has 1 N–H and O–H groups in total. The van der Waals surface area contributed by atoms with E-state index in [1.165, 1.54) is 10.9 Å². The molecule has 1 aromatic heterocycles. The molecule has 0 spiro atoms. The molecule has 1 aliphatic heterocycles. The molecule has 8 heteroatoms. The minimum absolute atomic E-state index is 0.0723. The number of rotatable bonds is 5. The number of carbonyl (C=O) groups excluding carboxylic acids is 1. The maximum atomic E-state index is 11.9. The molecule has 2 heterocycles. The van der Waals surface area contributed by atoms with Gasteiger partial charge in [0.15, 0.2) is 0 Å². The molecule has 0 bridgehead atoms. The number of aromatic nitrogens is 2. The third kappa shape index (κ3) is 3.28. The van der Waals surface area contributed by atoms with Crippen LogP contribution in [0.15, 0.2) is 12.4 Å². The van der Waals surface area contributed by atoms with Crippen LogP contribution in [-0.4, -0.2) is 39.9 Å². The summed E-state index contributed by atoms with van der Waals surface area (Å²) in [6.45, 7) is 2.84. The fraction of sp³-hybridized carbons (Fsp3) is 0.636. The zero-order valence-electron chi connectivity index (χ0n) is 10.6. The lowest BCUT2D eigenvalue weighted by Crippen LogP contribution is -2.36. The molecule has 1 aliphatic rings. The Kier molecular flexibility index (Phi) is 4.10. The fourth-order valence-electron chi connectivity index (χ4n) is 1.92. The molecule has 19 heavy (non-hydrogen) atoms. The van der Waals surface area contributed by atoms with Gasteiger partial charge >= 0.3 is 5.69 Å². The second-order valence-corrected chi connectivity index (χ2v) is 4.49. The average Bonchev–Trinajstić information content (AvgIpc) is 3.05. The molecule has 0 unspecified atom stereocenters. The summed E-state index contributed by atoms with van der Waals surface area (Å²) >= 11 is 0. The quantitative estimate of drug-likeness (QED) is 0.624. The number of hydrogen-bond donors (Lipinski definition) is 1. The molecule has 8 nitrogen and oxygen atoms in total. The van der Waals surface area contributed by atoms with Crippen LogP contribution >= 0.6 is 0 Å². The van der Waals surface area contributed by atoms with Crippen LogP contribution in [0.25, 0.3) is 0 Å². The first kappa shape index (κ1) is 13.5.